The molecule has 6 nitrogen and oxygen atoms in total. The third kappa shape index (κ3) is 3.87. The summed E-state index contributed by atoms with van der Waals surface area (Å²) in [4.78, 5) is 8.38. The van der Waals surface area contributed by atoms with Gasteiger partial charge in [-0.05, 0) is 37.7 Å². The van der Waals surface area contributed by atoms with Crippen LogP contribution < -0.4 is 10.6 Å². The quantitative estimate of drug-likeness (QED) is 0.554. The van der Waals surface area contributed by atoms with Gasteiger partial charge in [0.2, 0.25) is 0 Å². The molecule has 2 aromatic heterocycles. The van der Waals surface area contributed by atoms with E-state index >= 15 is 0 Å². The van der Waals surface area contributed by atoms with E-state index in [2.05, 4.69) is 25.2 Å². The molecule has 0 bridgehead atoms. The lowest BCUT2D eigenvalue weighted by molar-refractivity contribution is 0.561. The van der Waals surface area contributed by atoms with Gasteiger partial charge in [-0.1, -0.05) is 0 Å². The minimum atomic E-state index is 0.600. The van der Waals surface area contributed by atoms with E-state index in [1.807, 2.05) is 44.6 Å². The summed E-state index contributed by atoms with van der Waals surface area (Å²) in [6.07, 6.45) is 4.68. The summed E-state index contributed by atoms with van der Waals surface area (Å²) in [6.45, 7) is 5.60. The minimum Gasteiger partial charge on any atom is -0.441 e. The summed E-state index contributed by atoms with van der Waals surface area (Å²) in [5, 5.41) is 6.97. The highest BCUT2D eigenvalue weighted by molar-refractivity contribution is 7.80. The number of nitrogens with one attached hydrogen (secondary N) is 2. The summed E-state index contributed by atoms with van der Waals surface area (Å²) < 4.78 is 7.64. The summed E-state index contributed by atoms with van der Waals surface area (Å²) in [6, 6.07) is 5.75. The van der Waals surface area contributed by atoms with Crippen LogP contribution >= 0.6 is 12.2 Å². The molecule has 7 heteroatoms. The molecule has 120 valence electrons. The van der Waals surface area contributed by atoms with Crippen molar-refractivity contribution in [2.75, 3.05) is 11.9 Å². The first-order chi connectivity index (χ1) is 11.1. The third-order valence-electron chi connectivity index (χ3n) is 3.54. The van der Waals surface area contributed by atoms with Crippen molar-refractivity contribution < 1.29 is 4.42 Å². The fraction of sp³-hybridized carbons (Fsp3) is 0.312. The van der Waals surface area contributed by atoms with Crippen LogP contribution in [-0.4, -0.2) is 26.2 Å². The van der Waals surface area contributed by atoms with Gasteiger partial charge in [0.1, 0.15) is 5.52 Å². The smallest absolute Gasteiger partial charge is 0.192 e. The summed E-state index contributed by atoms with van der Waals surface area (Å²) in [5.41, 5.74) is 3.66. The van der Waals surface area contributed by atoms with Crippen molar-refractivity contribution in [2.45, 2.75) is 26.8 Å². The number of oxazole rings is 1. The molecule has 0 saturated carbocycles. The number of aryl methyl sites for hydroxylation is 3. The molecule has 0 unspecified atom stereocenters. The number of thiocarbonyl (C=S) groups is 1. The van der Waals surface area contributed by atoms with Crippen LogP contribution in [0.1, 0.15) is 18.0 Å². The Morgan fingerprint density at radius 2 is 2.22 bits per heavy atom. The maximum atomic E-state index is 5.52. The zero-order valence-electron chi connectivity index (χ0n) is 13.2. The van der Waals surface area contributed by atoms with Crippen molar-refractivity contribution in [1.29, 1.82) is 0 Å². The zero-order valence-corrected chi connectivity index (χ0v) is 14.0. The van der Waals surface area contributed by atoms with Crippen LogP contribution in [0.4, 0.5) is 5.69 Å². The highest BCUT2D eigenvalue weighted by Crippen LogP contribution is 2.19. The second-order valence-corrected chi connectivity index (χ2v) is 5.79. The second-order valence-electron chi connectivity index (χ2n) is 5.38. The SMILES string of the molecule is Cc1nc2ccc(NC(=S)NCCCn3cncc3C)cc2o1. The predicted molar refractivity (Wildman–Crippen MR) is 94.6 cm³/mol. The van der Waals surface area contributed by atoms with Crippen molar-refractivity contribution >= 4 is 34.1 Å². The van der Waals surface area contributed by atoms with Crippen molar-refractivity contribution in [3.05, 3.63) is 42.3 Å². The molecule has 0 fully saturated rings. The molecule has 3 aromatic rings. The van der Waals surface area contributed by atoms with E-state index < -0.39 is 0 Å². The van der Waals surface area contributed by atoms with Crippen LogP contribution in [0.25, 0.3) is 11.1 Å². The first-order valence-electron chi connectivity index (χ1n) is 7.50. The van der Waals surface area contributed by atoms with E-state index in [9.17, 15) is 0 Å². The van der Waals surface area contributed by atoms with Gasteiger partial charge in [0, 0.05) is 43.7 Å². The largest absolute Gasteiger partial charge is 0.441 e. The Bertz CT molecular complexity index is 823. The molecule has 3 rings (SSSR count). The monoisotopic (exact) mass is 329 g/mol. The molecule has 0 spiro atoms. The molecule has 2 N–H and O–H groups in total. The lowest BCUT2D eigenvalue weighted by Crippen LogP contribution is -2.29. The number of aromatic nitrogens is 3. The van der Waals surface area contributed by atoms with Gasteiger partial charge < -0.3 is 19.6 Å². The van der Waals surface area contributed by atoms with Gasteiger partial charge in [0.15, 0.2) is 16.6 Å². The standard InChI is InChI=1S/C16H19N5OS/c1-11-9-17-10-21(11)7-3-6-18-16(23)20-13-4-5-14-15(8-13)22-12(2)19-14/h4-5,8-10H,3,6-7H2,1-2H3,(H2,18,20,23). The number of imidazole rings is 1. The fourth-order valence-corrected chi connectivity index (χ4v) is 2.59. The van der Waals surface area contributed by atoms with Crippen LogP contribution in [-0.2, 0) is 6.54 Å². The number of hydrogen-bond acceptors (Lipinski definition) is 4. The van der Waals surface area contributed by atoms with Crippen LogP contribution in [0.3, 0.4) is 0 Å². The van der Waals surface area contributed by atoms with Gasteiger partial charge in [0.25, 0.3) is 0 Å². The van der Waals surface area contributed by atoms with Crippen molar-refractivity contribution in [3.8, 4) is 0 Å². The normalized spacial score (nSPS) is 10.9. The Kier molecular flexibility index (Phi) is 4.57. The van der Waals surface area contributed by atoms with Crippen molar-refractivity contribution in [1.82, 2.24) is 19.9 Å². The van der Waals surface area contributed by atoms with E-state index in [0.717, 1.165) is 36.3 Å². The van der Waals surface area contributed by atoms with Gasteiger partial charge in [-0.25, -0.2) is 9.97 Å². The van der Waals surface area contributed by atoms with Gasteiger partial charge >= 0.3 is 0 Å². The molecule has 0 aliphatic heterocycles. The van der Waals surface area contributed by atoms with Gasteiger partial charge in [-0.3, -0.25) is 0 Å². The fourth-order valence-electron chi connectivity index (χ4n) is 2.37. The third-order valence-corrected chi connectivity index (χ3v) is 3.78. The Morgan fingerprint density at radius 1 is 1.35 bits per heavy atom. The summed E-state index contributed by atoms with van der Waals surface area (Å²) >= 11 is 5.32. The van der Waals surface area contributed by atoms with Gasteiger partial charge in [-0.2, -0.15) is 0 Å². The summed E-state index contributed by atoms with van der Waals surface area (Å²) in [5.74, 6) is 0.660. The highest BCUT2D eigenvalue weighted by atomic mass is 32.1. The van der Waals surface area contributed by atoms with Crippen LogP contribution in [0.5, 0.6) is 0 Å². The topological polar surface area (TPSA) is 67.9 Å². The number of benzene rings is 1. The average Bonchev–Trinajstić information content (AvgIpc) is 3.08. The Morgan fingerprint density at radius 3 is 3.00 bits per heavy atom. The molecule has 0 aliphatic rings. The molecule has 0 radical (unpaired) electrons. The molecule has 0 atom stereocenters. The van der Waals surface area contributed by atoms with Crippen molar-refractivity contribution in [3.63, 3.8) is 0 Å². The lowest BCUT2D eigenvalue weighted by atomic mass is 10.3. The molecular formula is C16H19N5OS. The Hall–Kier alpha value is -2.41. The lowest BCUT2D eigenvalue weighted by Gasteiger charge is -2.11. The van der Waals surface area contributed by atoms with Gasteiger partial charge in [-0.15, -0.1) is 0 Å². The number of nitrogens with zero attached hydrogens (tertiary/aromatic N) is 3. The number of fused-ring (bicyclic) bond motifs is 1. The highest BCUT2D eigenvalue weighted by Gasteiger charge is 2.04. The zero-order chi connectivity index (χ0) is 16.2. The summed E-state index contributed by atoms with van der Waals surface area (Å²) in [7, 11) is 0. The molecule has 0 saturated heterocycles. The molecule has 0 amide bonds. The van der Waals surface area contributed by atoms with Crippen molar-refractivity contribution in [2.24, 2.45) is 0 Å². The van der Waals surface area contributed by atoms with E-state index in [0.29, 0.717) is 11.0 Å². The molecule has 1 aromatic carbocycles. The van der Waals surface area contributed by atoms with Crippen LogP contribution in [0, 0.1) is 13.8 Å². The first kappa shape index (κ1) is 15.5. The van der Waals surface area contributed by atoms with Gasteiger partial charge in [0.05, 0.1) is 6.33 Å². The molecule has 23 heavy (non-hydrogen) atoms. The molecule has 0 aliphatic carbocycles. The predicted octanol–water partition coefficient (Wildman–Crippen LogP) is 3.02. The van der Waals surface area contributed by atoms with E-state index in [-0.39, 0.29) is 0 Å². The number of hydrogen-bond donors (Lipinski definition) is 2. The maximum absolute atomic E-state index is 5.52. The molecule has 2 heterocycles. The number of anilines is 1. The average molecular weight is 329 g/mol. The minimum absolute atomic E-state index is 0.600. The van der Waals surface area contributed by atoms with E-state index in [1.54, 1.807) is 0 Å². The van der Waals surface area contributed by atoms with Crippen LogP contribution in [0.2, 0.25) is 0 Å². The second kappa shape index (κ2) is 6.78. The Labute approximate surface area is 139 Å². The maximum Gasteiger partial charge on any atom is 0.192 e. The molecular weight excluding hydrogens is 310 g/mol. The number of rotatable bonds is 5. The van der Waals surface area contributed by atoms with E-state index in [4.69, 9.17) is 16.6 Å². The Balaban J connectivity index is 1.47. The first-order valence-corrected chi connectivity index (χ1v) is 7.91. The van der Waals surface area contributed by atoms with E-state index in [1.165, 1.54) is 5.69 Å². The van der Waals surface area contributed by atoms with Crippen LogP contribution in [0.15, 0.2) is 35.1 Å².